The van der Waals surface area contributed by atoms with Gasteiger partial charge in [0.05, 0.1) is 5.75 Å². The van der Waals surface area contributed by atoms with Gasteiger partial charge in [-0.2, -0.15) is 0 Å². The van der Waals surface area contributed by atoms with E-state index in [-0.39, 0.29) is 29.3 Å². The van der Waals surface area contributed by atoms with E-state index >= 15 is 0 Å². The molecule has 1 N–H and O–H groups in total. The van der Waals surface area contributed by atoms with Gasteiger partial charge in [0.1, 0.15) is 20.4 Å². The van der Waals surface area contributed by atoms with E-state index in [1.165, 1.54) is 16.8 Å². The highest BCUT2D eigenvalue weighted by Gasteiger charge is 2.19. The van der Waals surface area contributed by atoms with E-state index in [2.05, 4.69) is 5.32 Å². The monoisotopic (exact) mass is 356 g/mol. The molecule has 0 spiro atoms. The minimum absolute atomic E-state index is 0.0244. The minimum Gasteiger partial charge on any atom is -0.351 e. The van der Waals surface area contributed by atoms with Crippen LogP contribution in [-0.4, -0.2) is 45.9 Å². The Balaban J connectivity index is 2.76. The van der Waals surface area contributed by atoms with Gasteiger partial charge in [0, 0.05) is 36.2 Å². The van der Waals surface area contributed by atoms with Crippen molar-refractivity contribution in [3.05, 3.63) is 18.0 Å². The van der Waals surface area contributed by atoms with Crippen LogP contribution in [-0.2, 0) is 25.4 Å². The minimum atomic E-state index is -3.90. The molecule has 1 aromatic heterocycles. The van der Waals surface area contributed by atoms with Gasteiger partial charge in [-0.1, -0.05) is 0 Å². The molecule has 1 amide bonds. The first-order valence-electron chi connectivity index (χ1n) is 6.15. The molecule has 1 heterocycles. The number of hydrogen-bond acceptors (Lipinski definition) is 5. The van der Waals surface area contributed by atoms with E-state index < -0.39 is 24.8 Å². The first-order valence-corrected chi connectivity index (χ1v) is 10.5. The molecule has 21 heavy (non-hydrogen) atoms. The Morgan fingerprint density at radius 2 is 1.95 bits per heavy atom. The summed E-state index contributed by atoms with van der Waals surface area (Å²) in [6.07, 6.45) is 2.69. The van der Waals surface area contributed by atoms with Gasteiger partial charge in [0.2, 0.25) is 0 Å². The smallest absolute Gasteiger partial charge is 0.267 e. The van der Waals surface area contributed by atoms with Crippen molar-refractivity contribution < 1.29 is 21.6 Å². The molecule has 0 fully saturated rings. The lowest BCUT2D eigenvalue weighted by Gasteiger charge is -2.07. The molecule has 1 rings (SSSR count). The zero-order valence-corrected chi connectivity index (χ0v) is 14.1. The molecule has 0 radical (unpaired) electrons. The number of halogens is 1. The fourth-order valence-corrected chi connectivity index (χ4v) is 3.12. The molecule has 0 bridgehead atoms. The van der Waals surface area contributed by atoms with Crippen molar-refractivity contribution in [1.29, 1.82) is 0 Å². The standard InChI is InChI=1S/C11H17ClN2O5S2/c1-3-14-8-9(21(12,18)19)7-10(14)11(15)13-5-4-6-20(2,16)17/h7-8H,3-6H2,1-2H3,(H,13,15). The number of sulfone groups is 1. The van der Waals surface area contributed by atoms with Crippen molar-refractivity contribution in [1.82, 2.24) is 9.88 Å². The summed E-state index contributed by atoms with van der Waals surface area (Å²) in [5.74, 6) is -0.500. The first kappa shape index (κ1) is 18.0. The Bertz CT molecular complexity index is 722. The van der Waals surface area contributed by atoms with Crippen LogP contribution in [0.25, 0.3) is 0 Å². The van der Waals surface area contributed by atoms with Crippen molar-refractivity contribution >= 4 is 35.5 Å². The van der Waals surface area contributed by atoms with Gasteiger partial charge in [-0.05, 0) is 19.4 Å². The molecule has 0 aliphatic heterocycles. The number of aromatic nitrogens is 1. The van der Waals surface area contributed by atoms with E-state index in [1.54, 1.807) is 6.92 Å². The van der Waals surface area contributed by atoms with Crippen LogP contribution in [0.15, 0.2) is 17.2 Å². The summed E-state index contributed by atoms with van der Waals surface area (Å²) in [7, 11) is -1.73. The Labute approximate surface area is 128 Å². The molecule has 0 saturated heterocycles. The number of nitrogens with zero attached hydrogens (tertiary/aromatic N) is 1. The first-order chi connectivity index (χ1) is 9.54. The van der Waals surface area contributed by atoms with Crippen LogP contribution in [0, 0.1) is 0 Å². The molecule has 120 valence electrons. The summed E-state index contributed by atoms with van der Waals surface area (Å²) < 4.78 is 45.9. The van der Waals surface area contributed by atoms with Gasteiger partial charge in [-0.25, -0.2) is 16.8 Å². The third-order valence-electron chi connectivity index (χ3n) is 2.70. The fraction of sp³-hybridized carbons (Fsp3) is 0.545. The predicted molar refractivity (Wildman–Crippen MR) is 79.8 cm³/mol. The molecular weight excluding hydrogens is 340 g/mol. The third-order valence-corrected chi connectivity index (χ3v) is 5.05. The number of carbonyl (C=O) groups excluding carboxylic acids is 1. The Kier molecular flexibility index (Phi) is 5.83. The summed E-state index contributed by atoms with van der Waals surface area (Å²) >= 11 is 0. The van der Waals surface area contributed by atoms with Gasteiger partial charge in [-0.15, -0.1) is 0 Å². The lowest BCUT2D eigenvalue weighted by atomic mass is 10.3. The molecule has 0 aromatic carbocycles. The topological polar surface area (TPSA) is 102 Å². The van der Waals surface area contributed by atoms with Crippen LogP contribution in [0.2, 0.25) is 0 Å². The van der Waals surface area contributed by atoms with E-state index in [1.807, 2.05) is 0 Å². The molecule has 7 nitrogen and oxygen atoms in total. The van der Waals surface area contributed by atoms with Crippen LogP contribution in [0.1, 0.15) is 23.8 Å². The average Bonchev–Trinajstić information content (AvgIpc) is 2.77. The van der Waals surface area contributed by atoms with Crippen molar-refractivity contribution in [3.63, 3.8) is 0 Å². The van der Waals surface area contributed by atoms with Crippen molar-refractivity contribution in [2.24, 2.45) is 0 Å². The summed E-state index contributed by atoms with van der Waals surface area (Å²) in [5.41, 5.74) is 0.163. The zero-order valence-electron chi connectivity index (χ0n) is 11.7. The molecule has 0 aliphatic carbocycles. The Morgan fingerprint density at radius 1 is 1.33 bits per heavy atom. The van der Waals surface area contributed by atoms with Crippen LogP contribution in [0.4, 0.5) is 0 Å². The van der Waals surface area contributed by atoms with Crippen LogP contribution in [0.5, 0.6) is 0 Å². The van der Waals surface area contributed by atoms with E-state index in [0.717, 1.165) is 6.26 Å². The summed E-state index contributed by atoms with van der Waals surface area (Å²) in [6.45, 7) is 2.34. The lowest BCUT2D eigenvalue weighted by molar-refractivity contribution is 0.0944. The second-order valence-corrected chi connectivity index (χ2v) is 9.35. The summed E-state index contributed by atoms with van der Waals surface area (Å²) in [4.78, 5) is 11.8. The summed E-state index contributed by atoms with van der Waals surface area (Å²) in [5, 5.41) is 2.55. The number of carbonyl (C=O) groups is 1. The maximum atomic E-state index is 12.0. The van der Waals surface area contributed by atoms with Crippen LogP contribution < -0.4 is 5.32 Å². The number of rotatable bonds is 7. The largest absolute Gasteiger partial charge is 0.351 e. The third kappa shape index (κ3) is 5.68. The predicted octanol–water partition coefficient (Wildman–Crippen LogP) is 0.600. The highest BCUT2D eigenvalue weighted by Crippen LogP contribution is 2.18. The van der Waals surface area contributed by atoms with Gasteiger partial charge >= 0.3 is 0 Å². The molecule has 0 saturated carbocycles. The Morgan fingerprint density at radius 3 is 2.43 bits per heavy atom. The number of amides is 1. The van der Waals surface area contributed by atoms with Crippen LogP contribution in [0.3, 0.4) is 0 Å². The van der Waals surface area contributed by atoms with Gasteiger partial charge < -0.3 is 9.88 Å². The number of nitrogens with one attached hydrogen (secondary N) is 1. The lowest BCUT2D eigenvalue weighted by Crippen LogP contribution is -2.27. The van der Waals surface area contributed by atoms with E-state index in [0.29, 0.717) is 6.54 Å². The van der Waals surface area contributed by atoms with Crippen molar-refractivity contribution in [3.8, 4) is 0 Å². The van der Waals surface area contributed by atoms with Crippen molar-refractivity contribution in [2.75, 3.05) is 18.6 Å². The molecule has 0 aliphatic rings. The zero-order chi connectivity index (χ0) is 16.3. The second kappa shape index (κ2) is 6.80. The normalized spacial score (nSPS) is 12.3. The van der Waals surface area contributed by atoms with Gasteiger partial charge in [0.15, 0.2) is 0 Å². The maximum Gasteiger partial charge on any atom is 0.267 e. The highest BCUT2D eigenvalue weighted by atomic mass is 35.7. The molecule has 10 heteroatoms. The van der Waals surface area contributed by atoms with Crippen LogP contribution >= 0.6 is 10.7 Å². The van der Waals surface area contributed by atoms with E-state index in [4.69, 9.17) is 10.7 Å². The Hall–Kier alpha value is -1.06. The number of hydrogen-bond donors (Lipinski definition) is 1. The van der Waals surface area contributed by atoms with E-state index in [9.17, 15) is 21.6 Å². The fourth-order valence-electron chi connectivity index (χ4n) is 1.70. The molecule has 0 atom stereocenters. The van der Waals surface area contributed by atoms with Crippen molar-refractivity contribution in [2.45, 2.75) is 24.8 Å². The molecule has 1 aromatic rings. The van der Waals surface area contributed by atoms with Gasteiger partial charge in [-0.3, -0.25) is 4.79 Å². The maximum absolute atomic E-state index is 12.0. The average molecular weight is 357 g/mol. The SMILES string of the molecule is CCn1cc(S(=O)(=O)Cl)cc1C(=O)NCCCS(C)(=O)=O. The molecular formula is C11H17ClN2O5S2. The highest BCUT2D eigenvalue weighted by molar-refractivity contribution is 8.13. The number of aryl methyl sites for hydroxylation is 1. The quantitative estimate of drug-likeness (QED) is 0.569. The van der Waals surface area contributed by atoms with Gasteiger partial charge in [0.25, 0.3) is 15.0 Å². The second-order valence-electron chi connectivity index (χ2n) is 4.52. The summed E-state index contributed by atoms with van der Waals surface area (Å²) in [6, 6.07) is 1.19. The molecule has 0 unspecified atom stereocenters.